The van der Waals surface area contributed by atoms with E-state index in [1.54, 1.807) is 0 Å². The van der Waals surface area contributed by atoms with Crippen LogP contribution in [0.15, 0.2) is 52.1 Å². The molecule has 0 atom stereocenters. The molecule has 0 saturated heterocycles. The lowest BCUT2D eigenvalue weighted by Gasteiger charge is -2.20. The van der Waals surface area contributed by atoms with Gasteiger partial charge in [-0.1, -0.05) is 41.6 Å². The van der Waals surface area contributed by atoms with Gasteiger partial charge in [-0.3, -0.25) is 0 Å². The SMILES string of the molecule is Clc1cc2c(c(CSc3nnc(-c4ccccc4)o3)c1)OCOC2. The van der Waals surface area contributed by atoms with Crippen LogP contribution in [0.5, 0.6) is 5.75 Å². The lowest BCUT2D eigenvalue weighted by molar-refractivity contribution is -0.0168. The highest BCUT2D eigenvalue weighted by Gasteiger charge is 2.17. The second-order valence-corrected chi connectivity index (χ2v) is 6.55. The van der Waals surface area contributed by atoms with Gasteiger partial charge in [0.05, 0.1) is 6.61 Å². The number of benzene rings is 2. The molecule has 0 bridgehead atoms. The summed E-state index contributed by atoms with van der Waals surface area (Å²) in [6, 6.07) is 13.4. The van der Waals surface area contributed by atoms with Gasteiger partial charge in [0.15, 0.2) is 6.79 Å². The van der Waals surface area contributed by atoms with Crippen LogP contribution in [-0.2, 0) is 17.1 Å². The molecule has 0 N–H and O–H groups in total. The van der Waals surface area contributed by atoms with Crippen molar-refractivity contribution >= 4 is 23.4 Å². The maximum Gasteiger partial charge on any atom is 0.277 e. The van der Waals surface area contributed by atoms with Crippen LogP contribution in [0.25, 0.3) is 11.5 Å². The largest absolute Gasteiger partial charge is 0.467 e. The number of nitrogens with zero attached hydrogens (tertiary/aromatic N) is 2. The van der Waals surface area contributed by atoms with E-state index >= 15 is 0 Å². The second kappa shape index (κ2) is 6.84. The first-order valence-corrected chi connectivity index (χ1v) is 8.69. The van der Waals surface area contributed by atoms with Crippen molar-refractivity contribution in [2.75, 3.05) is 6.79 Å². The van der Waals surface area contributed by atoms with E-state index < -0.39 is 0 Å². The van der Waals surface area contributed by atoms with Crippen molar-refractivity contribution in [1.29, 1.82) is 0 Å². The summed E-state index contributed by atoms with van der Waals surface area (Å²) in [4.78, 5) is 0. The molecule has 0 fully saturated rings. The van der Waals surface area contributed by atoms with Crippen molar-refractivity contribution in [2.45, 2.75) is 17.6 Å². The molecule has 0 saturated carbocycles. The van der Waals surface area contributed by atoms with Gasteiger partial charge in [0.25, 0.3) is 5.22 Å². The molecule has 3 aromatic rings. The topological polar surface area (TPSA) is 57.4 Å². The van der Waals surface area contributed by atoms with Gasteiger partial charge in [-0.25, -0.2) is 0 Å². The number of aromatic nitrogens is 2. The summed E-state index contributed by atoms with van der Waals surface area (Å²) in [5.41, 5.74) is 2.85. The molecule has 0 aliphatic carbocycles. The zero-order valence-corrected chi connectivity index (χ0v) is 14.1. The van der Waals surface area contributed by atoms with Gasteiger partial charge in [-0.2, -0.15) is 0 Å². The Morgan fingerprint density at radius 3 is 2.88 bits per heavy atom. The molecule has 1 aromatic heterocycles. The van der Waals surface area contributed by atoms with Gasteiger partial charge in [0.1, 0.15) is 5.75 Å². The number of thioether (sulfide) groups is 1. The third-order valence-corrected chi connectivity index (χ3v) is 4.62. The van der Waals surface area contributed by atoms with Crippen molar-refractivity contribution in [3.63, 3.8) is 0 Å². The van der Waals surface area contributed by atoms with Crippen LogP contribution in [0.2, 0.25) is 5.02 Å². The summed E-state index contributed by atoms with van der Waals surface area (Å²) in [6.07, 6.45) is 0. The third-order valence-electron chi connectivity index (χ3n) is 3.53. The molecule has 2 aromatic carbocycles. The fraction of sp³-hybridized carbons (Fsp3) is 0.176. The summed E-state index contributed by atoms with van der Waals surface area (Å²) in [5, 5.41) is 9.35. The maximum atomic E-state index is 6.18. The molecule has 1 aliphatic heterocycles. The Kier molecular flexibility index (Phi) is 4.42. The van der Waals surface area contributed by atoms with Crippen LogP contribution in [-0.4, -0.2) is 17.0 Å². The minimum atomic E-state index is 0.255. The Labute approximate surface area is 147 Å². The van der Waals surface area contributed by atoms with Crippen LogP contribution in [0.3, 0.4) is 0 Å². The van der Waals surface area contributed by atoms with Crippen LogP contribution in [0.1, 0.15) is 11.1 Å². The molecule has 1 aliphatic rings. The summed E-state index contributed by atoms with van der Waals surface area (Å²) < 4.78 is 16.6. The molecule has 0 spiro atoms. The predicted molar refractivity (Wildman–Crippen MR) is 91.0 cm³/mol. The maximum absolute atomic E-state index is 6.18. The Hall–Kier alpha value is -2.02. The molecule has 24 heavy (non-hydrogen) atoms. The summed E-state index contributed by atoms with van der Waals surface area (Å²) in [6.45, 7) is 0.761. The minimum absolute atomic E-state index is 0.255. The monoisotopic (exact) mass is 360 g/mol. The first kappa shape index (κ1) is 15.5. The lowest BCUT2D eigenvalue weighted by atomic mass is 10.1. The highest BCUT2D eigenvalue weighted by Crippen LogP contribution is 2.35. The van der Waals surface area contributed by atoms with Crippen LogP contribution in [0.4, 0.5) is 0 Å². The van der Waals surface area contributed by atoms with E-state index in [1.807, 2.05) is 42.5 Å². The average molecular weight is 361 g/mol. The number of hydrogen-bond acceptors (Lipinski definition) is 6. The van der Waals surface area contributed by atoms with Crippen molar-refractivity contribution in [3.05, 3.63) is 58.6 Å². The molecule has 0 amide bonds. The molecule has 122 valence electrons. The first-order chi connectivity index (χ1) is 11.8. The number of halogens is 1. The van der Waals surface area contributed by atoms with E-state index in [9.17, 15) is 0 Å². The highest BCUT2D eigenvalue weighted by molar-refractivity contribution is 7.98. The quantitative estimate of drug-likeness (QED) is 0.636. The average Bonchev–Trinajstić information content (AvgIpc) is 3.09. The van der Waals surface area contributed by atoms with Gasteiger partial charge in [0, 0.05) is 27.5 Å². The van der Waals surface area contributed by atoms with Crippen LogP contribution in [0, 0.1) is 0 Å². The van der Waals surface area contributed by atoms with E-state index in [0.717, 1.165) is 22.4 Å². The van der Waals surface area contributed by atoms with Gasteiger partial charge in [-0.05, 0) is 24.3 Å². The van der Waals surface area contributed by atoms with Gasteiger partial charge in [0.2, 0.25) is 5.89 Å². The number of fused-ring (bicyclic) bond motifs is 1. The van der Waals surface area contributed by atoms with Gasteiger partial charge < -0.3 is 13.9 Å². The number of rotatable bonds is 4. The highest BCUT2D eigenvalue weighted by atomic mass is 35.5. The van der Waals surface area contributed by atoms with Crippen LogP contribution < -0.4 is 4.74 Å². The predicted octanol–water partition coefficient (Wildman–Crippen LogP) is 4.55. The van der Waals surface area contributed by atoms with Gasteiger partial charge in [-0.15, -0.1) is 10.2 Å². The molecule has 7 heteroatoms. The van der Waals surface area contributed by atoms with E-state index in [0.29, 0.717) is 28.5 Å². The zero-order valence-electron chi connectivity index (χ0n) is 12.6. The fourth-order valence-electron chi connectivity index (χ4n) is 2.47. The lowest BCUT2D eigenvalue weighted by Crippen LogP contribution is -2.12. The molecule has 2 heterocycles. The first-order valence-electron chi connectivity index (χ1n) is 7.33. The van der Waals surface area contributed by atoms with Crippen LogP contribution >= 0.6 is 23.4 Å². The normalized spacial score (nSPS) is 13.4. The van der Waals surface area contributed by atoms with Crippen molar-refractivity contribution in [3.8, 4) is 17.2 Å². The Morgan fingerprint density at radius 1 is 1.12 bits per heavy atom. The number of ether oxygens (including phenoxy) is 2. The molecular weight excluding hydrogens is 348 g/mol. The number of hydrogen-bond donors (Lipinski definition) is 0. The van der Waals surface area contributed by atoms with Crippen molar-refractivity contribution < 1.29 is 13.9 Å². The zero-order chi connectivity index (χ0) is 16.4. The Balaban J connectivity index is 1.52. The summed E-state index contributed by atoms with van der Waals surface area (Å²) in [7, 11) is 0. The third kappa shape index (κ3) is 3.26. The van der Waals surface area contributed by atoms with Crippen molar-refractivity contribution in [1.82, 2.24) is 10.2 Å². The van der Waals surface area contributed by atoms with Crippen molar-refractivity contribution in [2.24, 2.45) is 0 Å². The second-order valence-electron chi connectivity index (χ2n) is 5.19. The van der Waals surface area contributed by atoms with E-state index in [2.05, 4.69) is 10.2 Å². The standard InChI is InChI=1S/C17H13ClN2O3S/c18-14-6-12-8-21-10-22-15(12)13(7-14)9-24-17-20-19-16(23-17)11-4-2-1-3-5-11/h1-7H,8-10H2. The fourth-order valence-corrected chi connectivity index (χ4v) is 3.46. The molecule has 4 rings (SSSR count). The van der Waals surface area contributed by atoms with Gasteiger partial charge >= 0.3 is 0 Å². The smallest absolute Gasteiger partial charge is 0.277 e. The van der Waals surface area contributed by atoms with E-state index in [-0.39, 0.29) is 6.79 Å². The Morgan fingerprint density at radius 2 is 2.00 bits per heavy atom. The van der Waals surface area contributed by atoms with E-state index in [1.165, 1.54) is 11.8 Å². The Bertz CT molecular complexity index is 854. The molecule has 5 nitrogen and oxygen atoms in total. The summed E-state index contributed by atoms with van der Waals surface area (Å²) in [5.74, 6) is 1.97. The summed E-state index contributed by atoms with van der Waals surface area (Å²) >= 11 is 7.63. The molecule has 0 radical (unpaired) electrons. The van der Waals surface area contributed by atoms with E-state index in [4.69, 9.17) is 25.5 Å². The minimum Gasteiger partial charge on any atom is -0.467 e. The molecular formula is C17H13ClN2O3S. The molecule has 0 unspecified atom stereocenters.